The highest BCUT2D eigenvalue weighted by Crippen LogP contribution is 2.17. The summed E-state index contributed by atoms with van der Waals surface area (Å²) in [7, 11) is 0. The molecule has 0 aliphatic heterocycles. The first-order valence-electron chi connectivity index (χ1n) is 4.37. The van der Waals surface area contributed by atoms with Gasteiger partial charge >= 0.3 is 0 Å². The van der Waals surface area contributed by atoms with Crippen LogP contribution in [0.1, 0.15) is 18.9 Å². The Labute approximate surface area is 84.2 Å². The highest BCUT2D eigenvalue weighted by atomic mass is 35.5. The molecule has 1 nitrogen and oxygen atoms in total. The Kier molecular flexibility index (Phi) is 4.00. The maximum Gasteiger partial charge on any atom is 0.0406 e. The minimum atomic E-state index is 0.699. The van der Waals surface area contributed by atoms with E-state index in [0.717, 1.165) is 11.4 Å². The van der Waals surface area contributed by atoms with Crippen LogP contribution < -0.4 is 5.73 Å². The molecule has 1 rings (SSSR count). The molecule has 70 valence electrons. The summed E-state index contributed by atoms with van der Waals surface area (Å²) in [5.74, 6) is 0. The van der Waals surface area contributed by atoms with Crippen molar-refractivity contribution in [2.75, 3.05) is 6.54 Å². The zero-order valence-corrected chi connectivity index (χ0v) is 8.51. The van der Waals surface area contributed by atoms with E-state index in [1.54, 1.807) is 0 Å². The van der Waals surface area contributed by atoms with Crippen molar-refractivity contribution in [3.63, 3.8) is 0 Å². The highest BCUT2D eigenvalue weighted by Gasteiger charge is 1.94. The van der Waals surface area contributed by atoms with Crippen LogP contribution in [-0.4, -0.2) is 6.54 Å². The van der Waals surface area contributed by atoms with Crippen LogP contribution in [-0.2, 0) is 0 Å². The third-order valence-corrected chi connectivity index (χ3v) is 2.17. The third-order valence-electron chi connectivity index (χ3n) is 1.92. The zero-order chi connectivity index (χ0) is 9.68. The molecule has 1 aromatic carbocycles. The third kappa shape index (κ3) is 3.21. The number of rotatable bonds is 3. The molecule has 0 heterocycles. The lowest BCUT2D eigenvalue weighted by Gasteiger charge is -2.00. The van der Waals surface area contributed by atoms with Crippen LogP contribution in [0.5, 0.6) is 0 Å². The predicted octanol–water partition coefficient (Wildman–Crippen LogP) is 3.09. The standard InChI is InChI=1S/C11H14ClN/c1-9(3-2-8-13)10-4-6-11(12)7-5-10/h3-7H,2,8,13H2,1H3/b9-3+. The van der Waals surface area contributed by atoms with Crippen LogP contribution in [0.4, 0.5) is 0 Å². The van der Waals surface area contributed by atoms with Crippen molar-refractivity contribution in [3.8, 4) is 0 Å². The summed E-state index contributed by atoms with van der Waals surface area (Å²) >= 11 is 5.78. The highest BCUT2D eigenvalue weighted by molar-refractivity contribution is 6.30. The minimum absolute atomic E-state index is 0.699. The molecule has 2 heteroatoms. The van der Waals surface area contributed by atoms with Gasteiger partial charge in [0.15, 0.2) is 0 Å². The summed E-state index contributed by atoms with van der Waals surface area (Å²) in [6, 6.07) is 7.84. The zero-order valence-electron chi connectivity index (χ0n) is 7.76. The first-order chi connectivity index (χ1) is 6.24. The molecule has 0 atom stereocenters. The maximum atomic E-state index is 5.78. The predicted molar refractivity (Wildman–Crippen MR) is 58.8 cm³/mol. The second-order valence-electron chi connectivity index (χ2n) is 2.97. The van der Waals surface area contributed by atoms with Crippen LogP contribution in [0.15, 0.2) is 30.3 Å². The van der Waals surface area contributed by atoms with E-state index in [9.17, 15) is 0 Å². The molecule has 13 heavy (non-hydrogen) atoms. The summed E-state index contributed by atoms with van der Waals surface area (Å²) in [4.78, 5) is 0. The Bertz CT molecular complexity index is 287. The van der Waals surface area contributed by atoms with Gasteiger partial charge in [0.05, 0.1) is 0 Å². The molecule has 0 bridgehead atoms. The monoisotopic (exact) mass is 195 g/mol. The van der Waals surface area contributed by atoms with Gasteiger partial charge in [-0.3, -0.25) is 0 Å². The fraction of sp³-hybridized carbons (Fsp3) is 0.273. The lowest BCUT2D eigenvalue weighted by molar-refractivity contribution is 1.01. The molecule has 0 amide bonds. The van der Waals surface area contributed by atoms with Gasteiger partial charge in [0, 0.05) is 5.02 Å². The molecule has 0 saturated heterocycles. The minimum Gasteiger partial charge on any atom is -0.330 e. The average Bonchev–Trinajstić information content (AvgIpc) is 2.15. The number of allylic oxidation sites excluding steroid dienone is 1. The first-order valence-corrected chi connectivity index (χ1v) is 4.74. The Morgan fingerprint density at radius 3 is 2.54 bits per heavy atom. The van der Waals surface area contributed by atoms with Gasteiger partial charge in [-0.2, -0.15) is 0 Å². The Hall–Kier alpha value is -0.790. The molecule has 0 aromatic heterocycles. The van der Waals surface area contributed by atoms with Gasteiger partial charge in [0.1, 0.15) is 0 Å². The molecule has 0 saturated carbocycles. The van der Waals surface area contributed by atoms with Gasteiger partial charge in [-0.25, -0.2) is 0 Å². The van der Waals surface area contributed by atoms with Gasteiger partial charge in [-0.1, -0.05) is 29.8 Å². The summed E-state index contributed by atoms with van der Waals surface area (Å²) in [5.41, 5.74) is 7.87. The van der Waals surface area contributed by atoms with Gasteiger partial charge < -0.3 is 5.73 Å². The van der Waals surface area contributed by atoms with E-state index in [1.807, 2.05) is 24.3 Å². The number of nitrogens with two attached hydrogens (primary N) is 1. The summed E-state index contributed by atoms with van der Waals surface area (Å²) < 4.78 is 0. The SMILES string of the molecule is C/C(=C\CCN)c1ccc(Cl)cc1. The van der Waals surface area contributed by atoms with Gasteiger partial charge in [0.2, 0.25) is 0 Å². The van der Waals surface area contributed by atoms with E-state index in [4.69, 9.17) is 17.3 Å². The Morgan fingerprint density at radius 2 is 2.00 bits per heavy atom. The Balaban J connectivity index is 2.77. The largest absolute Gasteiger partial charge is 0.330 e. The number of hydrogen-bond donors (Lipinski definition) is 1. The molecule has 0 aliphatic rings. The number of hydrogen-bond acceptors (Lipinski definition) is 1. The molecule has 1 aromatic rings. The fourth-order valence-electron chi connectivity index (χ4n) is 1.13. The summed E-state index contributed by atoms with van der Waals surface area (Å²) in [5, 5.41) is 0.773. The van der Waals surface area contributed by atoms with Crippen molar-refractivity contribution in [2.45, 2.75) is 13.3 Å². The van der Waals surface area contributed by atoms with Crippen LogP contribution in [0.2, 0.25) is 5.02 Å². The molecule has 0 aliphatic carbocycles. The maximum absolute atomic E-state index is 5.78. The number of benzene rings is 1. The number of halogens is 1. The Morgan fingerprint density at radius 1 is 1.38 bits per heavy atom. The van der Waals surface area contributed by atoms with Crippen molar-refractivity contribution in [2.24, 2.45) is 5.73 Å². The molecular weight excluding hydrogens is 182 g/mol. The molecule has 0 spiro atoms. The normalized spacial score (nSPS) is 11.8. The van der Waals surface area contributed by atoms with Crippen LogP contribution in [0.3, 0.4) is 0 Å². The van der Waals surface area contributed by atoms with E-state index >= 15 is 0 Å². The van der Waals surface area contributed by atoms with E-state index in [2.05, 4.69) is 13.0 Å². The quantitative estimate of drug-likeness (QED) is 0.788. The lowest BCUT2D eigenvalue weighted by atomic mass is 10.1. The van der Waals surface area contributed by atoms with Crippen molar-refractivity contribution < 1.29 is 0 Å². The van der Waals surface area contributed by atoms with Gasteiger partial charge in [-0.15, -0.1) is 0 Å². The van der Waals surface area contributed by atoms with Crippen molar-refractivity contribution in [3.05, 3.63) is 40.9 Å². The summed E-state index contributed by atoms with van der Waals surface area (Å²) in [6.45, 7) is 2.78. The van der Waals surface area contributed by atoms with Crippen LogP contribution in [0.25, 0.3) is 5.57 Å². The topological polar surface area (TPSA) is 26.0 Å². The van der Waals surface area contributed by atoms with E-state index in [1.165, 1.54) is 11.1 Å². The molecular formula is C11H14ClN. The van der Waals surface area contributed by atoms with Gasteiger partial charge in [0.25, 0.3) is 0 Å². The molecule has 0 fully saturated rings. The summed E-state index contributed by atoms with van der Waals surface area (Å²) in [6.07, 6.45) is 3.07. The van der Waals surface area contributed by atoms with Crippen LogP contribution in [0, 0.1) is 0 Å². The van der Waals surface area contributed by atoms with Gasteiger partial charge in [-0.05, 0) is 43.2 Å². The molecule has 0 radical (unpaired) electrons. The van der Waals surface area contributed by atoms with E-state index < -0.39 is 0 Å². The molecule has 0 unspecified atom stereocenters. The van der Waals surface area contributed by atoms with Crippen molar-refractivity contribution in [1.82, 2.24) is 0 Å². The average molecular weight is 196 g/mol. The fourth-order valence-corrected chi connectivity index (χ4v) is 1.26. The molecule has 2 N–H and O–H groups in total. The van der Waals surface area contributed by atoms with Crippen LogP contribution >= 0.6 is 11.6 Å². The van der Waals surface area contributed by atoms with E-state index in [0.29, 0.717) is 6.54 Å². The van der Waals surface area contributed by atoms with Crippen molar-refractivity contribution in [1.29, 1.82) is 0 Å². The van der Waals surface area contributed by atoms with Crippen molar-refractivity contribution >= 4 is 17.2 Å². The lowest BCUT2D eigenvalue weighted by Crippen LogP contribution is -1.95. The second-order valence-corrected chi connectivity index (χ2v) is 3.41. The smallest absolute Gasteiger partial charge is 0.0406 e. The first kappa shape index (κ1) is 10.3. The van der Waals surface area contributed by atoms with E-state index in [-0.39, 0.29) is 0 Å². The second kappa shape index (κ2) is 5.05.